The fourth-order valence-electron chi connectivity index (χ4n) is 2.00. The Balaban J connectivity index is 2.71. The minimum absolute atomic E-state index is 0.362. The smallest absolute Gasteiger partial charge is 0.146 e. The number of aryl methyl sites for hydroxylation is 3. The van der Waals surface area contributed by atoms with Gasteiger partial charge in [-0.3, -0.25) is 9.25 Å². The molecule has 5 nitrogen and oxygen atoms in total. The summed E-state index contributed by atoms with van der Waals surface area (Å²) in [6, 6.07) is 0. The van der Waals surface area contributed by atoms with Crippen LogP contribution < -0.4 is 5.73 Å². The summed E-state index contributed by atoms with van der Waals surface area (Å²) < 4.78 is 3.76. The van der Waals surface area contributed by atoms with Crippen LogP contribution in [-0.4, -0.2) is 24.3 Å². The summed E-state index contributed by atoms with van der Waals surface area (Å²) in [6.07, 6.45) is 4.51. The molecule has 0 aliphatic heterocycles. The van der Waals surface area contributed by atoms with E-state index < -0.39 is 0 Å². The van der Waals surface area contributed by atoms with E-state index in [9.17, 15) is 0 Å². The molecule has 90 valence electrons. The summed E-state index contributed by atoms with van der Waals surface area (Å²) in [5.74, 6) is 1.84. The van der Waals surface area contributed by atoms with E-state index in [1.807, 2.05) is 24.7 Å². The van der Waals surface area contributed by atoms with Gasteiger partial charge in [0, 0.05) is 25.9 Å². The lowest BCUT2D eigenvalue weighted by Gasteiger charge is -2.09. The molecule has 2 aromatic heterocycles. The number of hydrogen-bond donors (Lipinski definition) is 1. The second-order valence-electron chi connectivity index (χ2n) is 3.84. The highest BCUT2D eigenvalue weighted by Crippen LogP contribution is 2.19. The van der Waals surface area contributed by atoms with Crippen molar-refractivity contribution in [2.75, 3.05) is 0 Å². The molecule has 0 aliphatic carbocycles. The maximum Gasteiger partial charge on any atom is 0.146 e. The zero-order chi connectivity index (χ0) is 12.6. The van der Waals surface area contributed by atoms with Crippen molar-refractivity contribution in [1.29, 1.82) is 0 Å². The molecule has 2 N–H and O–H groups in total. The zero-order valence-electron chi connectivity index (χ0n) is 10.1. The Bertz CT molecular complexity index is 566. The van der Waals surface area contributed by atoms with Crippen LogP contribution in [0.5, 0.6) is 0 Å². The third-order valence-corrected chi connectivity index (χ3v) is 2.90. The largest absolute Gasteiger partial charge is 0.389 e. The standard InChI is InChI=1S/C11H15N5S/c1-4-8-13-5-6-16(8)11-9(10(12)17)7(2)14-15(11)3/h5-6H,4H2,1-3H3,(H2,12,17). The average molecular weight is 249 g/mol. The minimum Gasteiger partial charge on any atom is -0.389 e. The minimum atomic E-state index is 0.362. The molecular formula is C11H15N5S. The van der Waals surface area contributed by atoms with Gasteiger partial charge in [0.2, 0.25) is 0 Å². The van der Waals surface area contributed by atoms with Gasteiger partial charge in [-0.15, -0.1) is 0 Å². The van der Waals surface area contributed by atoms with E-state index in [-0.39, 0.29) is 0 Å². The fraction of sp³-hybridized carbons (Fsp3) is 0.364. The number of nitrogens with zero attached hydrogens (tertiary/aromatic N) is 4. The van der Waals surface area contributed by atoms with Crippen LogP contribution in [0.25, 0.3) is 5.82 Å². The Morgan fingerprint density at radius 2 is 2.24 bits per heavy atom. The Hall–Kier alpha value is -1.69. The second kappa shape index (κ2) is 4.29. The molecule has 0 aromatic carbocycles. The molecular weight excluding hydrogens is 234 g/mol. The van der Waals surface area contributed by atoms with Gasteiger partial charge in [0.25, 0.3) is 0 Å². The second-order valence-corrected chi connectivity index (χ2v) is 4.28. The summed E-state index contributed by atoms with van der Waals surface area (Å²) >= 11 is 5.09. The van der Waals surface area contributed by atoms with E-state index in [1.54, 1.807) is 10.9 Å². The maximum absolute atomic E-state index is 5.77. The van der Waals surface area contributed by atoms with Crippen molar-refractivity contribution in [3.63, 3.8) is 0 Å². The number of rotatable bonds is 3. The molecule has 2 aromatic rings. The highest BCUT2D eigenvalue weighted by atomic mass is 32.1. The molecule has 6 heteroatoms. The van der Waals surface area contributed by atoms with Crippen molar-refractivity contribution in [2.24, 2.45) is 12.8 Å². The van der Waals surface area contributed by atoms with Gasteiger partial charge in [-0.05, 0) is 6.92 Å². The van der Waals surface area contributed by atoms with Gasteiger partial charge in [-0.1, -0.05) is 19.1 Å². The van der Waals surface area contributed by atoms with Crippen molar-refractivity contribution < 1.29 is 0 Å². The van der Waals surface area contributed by atoms with E-state index >= 15 is 0 Å². The van der Waals surface area contributed by atoms with E-state index in [0.29, 0.717) is 4.99 Å². The quantitative estimate of drug-likeness (QED) is 0.828. The lowest BCUT2D eigenvalue weighted by atomic mass is 10.2. The molecule has 0 saturated heterocycles. The first-order valence-corrected chi connectivity index (χ1v) is 5.83. The van der Waals surface area contributed by atoms with Gasteiger partial charge in [0.05, 0.1) is 11.3 Å². The number of hydrogen-bond acceptors (Lipinski definition) is 3. The van der Waals surface area contributed by atoms with Crippen LogP contribution in [0.4, 0.5) is 0 Å². The molecule has 0 amide bonds. The summed E-state index contributed by atoms with van der Waals surface area (Å²) in [4.78, 5) is 4.66. The Morgan fingerprint density at radius 3 is 2.82 bits per heavy atom. The van der Waals surface area contributed by atoms with Gasteiger partial charge in [0.15, 0.2) is 0 Å². The zero-order valence-corrected chi connectivity index (χ0v) is 11.0. The Labute approximate surface area is 105 Å². The fourth-order valence-corrected chi connectivity index (χ4v) is 2.24. The van der Waals surface area contributed by atoms with E-state index in [1.165, 1.54) is 0 Å². The molecule has 0 unspecified atom stereocenters. The van der Waals surface area contributed by atoms with Crippen LogP contribution in [0.2, 0.25) is 0 Å². The number of nitrogens with two attached hydrogens (primary N) is 1. The first-order chi connectivity index (χ1) is 8.06. The molecule has 0 aliphatic rings. The van der Waals surface area contributed by atoms with Gasteiger partial charge in [0.1, 0.15) is 16.6 Å². The molecule has 0 atom stereocenters. The predicted octanol–water partition coefficient (Wildman–Crippen LogP) is 1.11. The molecule has 0 bridgehead atoms. The van der Waals surface area contributed by atoms with Crippen LogP contribution in [0.1, 0.15) is 24.0 Å². The molecule has 2 rings (SSSR count). The summed E-state index contributed by atoms with van der Waals surface area (Å²) in [7, 11) is 1.88. The van der Waals surface area contributed by atoms with Crippen molar-refractivity contribution in [3.8, 4) is 5.82 Å². The highest BCUT2D eigenvalue weighted by molar-refractivity contribution is 7.80. The Morgan fingerprint density at radius 1 is 1.53 bits per heavy atom. The lowest BCUT2D eigenvalue weighted by molar-refractivity contribution is 0.708. The van der Waals surface area contributed by atoms with Gasteiger partial charge in [-0.25, -0.2) is 4.98 Å². The number of thiocarbonyl (C=S) groups is 1. The molecule has 0 spiro atoms. The predicted molar refractivity (Wildman–Crippen MR) is 70.3 cm³/mol. The SMILES string of the molecule is CCc1nccn1-c1c(C(N)=S)c(C)nn1C. The molecule has 0 fully saturated rings. The van der Waals surface area contributed by atoms with Crippen LogP contribution in [-0.2, 0) is 13.5 Å². The van der Waals surface area contributed by atoms with Gasteiger partial charge >= 0.3 is 0 Å². The van der Waals surface area contributed by atoms with E-state index in [4.69, 9.17) is 18.0 Å². The van der Waals surface area contributed by atoms with Crippen molar-refractivity contribution >= 4 is 17.2 Å². The molecule has 0 saturated carbocycles. The third-order valence-electron chi connectivity index (χ3n) is 2.70. The first-order valence-electron chi connectivity index (χ1n) is 5.42. The molecule has 2 heterocycles. The number of imidazole rings is 1. The highest BCUT2D eigenvalue weighted by Gasteiger charge is 2.18. The third kappa shape index (κ3) is 1.84. The lowest BCUT2D eigenvalue weighted by Crippen LogP contribution is -2.15. The van der Waals surface area contributed by atoms with Gasteiger partial charge < -0.3 is 5.73 Å². The summed E-state index contributed by atoms with van der Waals surface area (Å²) in [6.45, 7) is 3.96. The maximum atomic E-state index is 5.77. The van der Waals surface area contributed by atoms with Crippen molar-refractivity contribution in [1.82, 2.24) is 19.3 Å². The molecule has 0 radical (unpaired) electrons. The van der Waals surface area contributed by atoms with Crippen molar-refractivity contribution in [3.05, 3.63) is 29.5 Å². The monoisotopic (exact) mass is 249 g/mol. The normalized spacial score (nSPS) is 10.8. The van der Waals surface area contributed by atoms with Crippen LogP contribution in [0.15, 0.2) is 12.4 Å². The van der Waals surface area contributed by atoms with E-state index in [0.717, 1.165) is 29.3 Å². The average Bonchev–Trinajstić information content (AvgIpc) is 2.81. The first kappa shape index (κ1) is 11.8. The van der Waals surface area contributed by atoms with E-state index in [2.05, 4.69) is 17.0 Å². The topological polar surface area (TPSA) is 61.7 Å². The molecule has 17 heavy (non-hydrogen) atoms. The summed E-state index contributed by atoms with van der Waals surface area (Å²) in [5.41, 5.74) is 7.42. The van der Waals surface area contributed by atoms with Gasteiger partial charge in [-0.2, -0.15) is 5.10 Å². The Kier molecular flexibility index (Phi) is 2.97. The van der Waals surface area contributed by atoms with Crippen LogP contribution in [0.3, 0.4) is 0 Å². The van der Waals surface area contributed by atoms with Crippen LogP contribution in [0, 0.1) is 6.92 Å². The van der Waals surface area contributed by atoms with Crippen LogP contribution >= 0.6 is 12.2 Å². The number of aromatic nitrogens is 4. The van der Waals surface area contributed by atoms with Crippen molar-refractivity contribution in [2.45, 2.75) is 20.3 Å². The summed E-state index contributed by atoms with van der Waals surface area (Å²) in [5, 5.41) is 4.36.